The number of ether oxygens (including phenoxy) is 3. The molecule has 38 nitrogen and oxygen atoms in total. The number of azide groups is 2. The Labute approximate surface area is 844 Å². The summed E-state index contributed by atoms with van der Waals surface area (Å²) in [5.74, 6) is -12.2. The Morgan fingerprint density at radius 3 is 1.12 bits per heavy atom. The molecule has 6 aliphatic carbocycles. The van der Waals surface area contributed by atoms with Crippen LogP contribution in [0.4, 0.5) is 18.9 Å². The maximum absolute atomic E-state index is 12.8. The fourth-order valence-electron chi connectivity index (χ4n) is 16.0. The van der Waals surface area contributed by atoms with Crippen molar-refractivity contribution in [2.45, 2.75) is 24.7 Å². The maximum Gasteiger partial charge on any atom is 0.471 e. The van der Waals surface area contributed by atoms with E-state index in [1.807, 2.05) is 24.1 Å². The van der Waals surface area contributed by atoms with Crippen molar-refractivity contribution in [1.82, 2.24) is 5.32 Å². The number of benzene rings is 13. The smallest absolute Gasteiger partial charge is 0.471 e. The average Bonchev–Trinajstić information content (AvgIpc) is 0.763. The third-order valence-electron chi connectivity index (χ3n) is 22.4. The first-order chi connectivity index (χ1) is 70.0. The number of rotatable bonds is 13. The summed E-state index contributed by atoms with van der Waals surface area (Å²) >= 11 is 5.35. The number of amides is 2. The molecule has 0 saturated heterocycles. The number of methoxy groups -OCH3 is 2. The van der Waals surface area contributed by atoms with Crippen LogP contribution in [-0.2, 0) is 32.8 Å². The van der Waals surface area contributed by atoms with Crippen molar-refractivity contribution < 1.29 is 160 Å². The summed E-state index contributed by atoms with van der Waals surface area (Å²) < 4.78 is 50.5. The number of terminal acetylenes is 1. The molecule has 13 aromatic carbocycles. The molecule has 13 aromatic rings. The molecule has 19 rings (SSSR count). The highest BCUT2D eigenvalue weighted by Crippen LogP contribution is 2.46. The first-order valence-electron chi connectivity index (χ1n) is 42.1. The standard InChI is InChI=1S/C22H14O6.C16H11IO4.C16H10N4O5.C15H9BrO4.C15H9N3O4.C15H8O6.C5H4F3NO/c23-16-8-4-7-14-18(16)21(26)19-15(20(14)25)9-13(10-17(19)24)22(27)28-11-12-5-2-1-3-6-12;1-20-11-5-3-4-9-13(11)16(19)14-10(15(9)18)6-8(17)7-12(14)21-2;17-20-18-6-12(23)19-7-4-9-14(11(22)5-7)16(25)13-8(15(9)24)2-1-3-10(13)21;16-6-7-4-9-13(11(18)5-7)15(20)12-8(14(9)19)2-1-3-10(12)17;16-18-17-6-7-4-9-13(11(20)5-7)15(22)12-8(14(9)21)2-1-3-10(12)19;16-9-3-1-2-7-11(9)14(19)12-8(13(7)18)4-6(15(20)21)5-10(12)17;1-2-3-9-4(10)5(6,7)8/h1-10,23-24H,11H2;3-7H,1-2H3;1-5,21-22H,6H2,(H,19,23);1-5,17-18H,6H2;1-5,19-20H,6H2;1-5,16-17H,(H,20,21);1H,3H2,(H,9,10). The van der Waals surface area contributed by atoms with Crippen LogP contribution >= 0.6 is 38.5 Å². The molecule has 6 aliphatic rings. The first kappa shape index (κ1) is 105. The third kappa shape index (κ3) is 21.0. The highest BCUT2D eigenvalue weighted by atomic mass is 127. The Morgan fingerprint density at radius 2 is 0.728 bits per heavy atom. The summed E-state index contributed by atoms with van der Waals surface area (Å²) in [6, 6.07) is 50.7. The van der Waals surface area contributed by atoms with Crippen LogP contribution in [0.5, 0.6) is 69.0 Å². The molecule has 0 atom stereocenters. The minimum absolute atomic E-state index is 0.00876. The molecule has 0 radical (unpaired) electrons. The van der Waals surface area contributed by atoms with E-state index in [2.05, 4.69) is 70.3 Å². The Hall–Kier alpha value is -19.4. The van der Waals surface area contributed by atoms with Gasteiger partial charge in [0.2, 0.25) is 40.6 Å². The largest absolute Gasteiger partial charge is 0.507 e. The Balaban J connectivity index is 0.000000145. The van der Waals surface area contributed by atoms with E-state index in [0.717, 1.165) is 33.4 Å². The van der Waals surface area contributed by atoms with Crippen LogP contribution in [0, 0.1) is 15.9 Å². The number of carboxylic acids is 1. The van der Waals surface area contributed by atoms with Crippen LogP contribution in [0.25, 0.3) is 20.9 Å². The fourth-order valence-corrected chi connectivity index (χ4v) is 16.9. The van der Waals surface area contributed by atoms with Crippen LogP contribution < -0.4 is 20.1 Å². The van der Waals surface area contributed by atoms with Crippen LogP contribution in [0.15, 0.2) is 223 Å². The Bertz CT molecular complexity index is 8130. The molecular formula is C104H65BrF3IN8O30. The number of aromatic hydroxyl groups is 10. The van der Waals surface area contributed by atoms with Gasteiger partial charge in [-0.15, -0.1) is 6.42 Å². The molecule has 0 aliphatic heterocycles. The van der Waals surface area contributed by atoms with Crippen molar-refractivity contribution in [3.8, 4) is 81.3 Å². The normalized spacial score (nSPS) is 12.3. The minimum Gasteiger partial charge on any atom is -0.507 e. The van der Waals surface area contributed by atoms with E-state index in [9.17, 15) is 141 Å². The summed E-state index contributed by atoms with van der Waals surface area (Å²) in [5, 5.41) is 119. The third-order valence-corrected chi connectivity index (χ3v) is 23.7. The molecule has 13 N–H and O–H groups in total. The number of aromatic carboxylic acids is 1. The number of phenols is 10. The van der Waals surface area contributed by atoms with Gasteiger partial charge in [0.25, 0.3) is 0 Å². The lowest BCUT2D eigenvalue weighted by molar-refractivity contribution is -0.173. The molecule has 2 amide bonds. The molecule has 0 fully saturated rings. The lowest BCUT2D eigenvalue weighted by Gasteiger charge is -2.21. The number of hydrogen-bond donors (Lipinski definition) is 13. The maximum atomic E-state index is 12.8. The van der Waals surface area contributed by atoms with Crippen molar-refractivity contribution >= 4 is 137 Å². The van der Waals surface area contributed by atoms with Crippen LogP contribution in [-0.4, -0.2) is 183 Å². The van der Waals surface area contributed by atoms with E-state index < -0.39 is 112 Å². The second kappa shape index (κ2) is 43.7. The van der Waals surface area contributed by atoms with E-state index in [1.54, 1.807) is 48.5 Å². The van der Waals surface area contributed by atoms with Crippen molar-refractivity contribution in [3.05, 3.63) is 398 Å². The number of nitrogens with one attached hydrogen (secondary N) is 2. The van der Waals surface area contributed by atoms with E-state index in [1.165, 1.54) is 141 Å². The molecule has 736 valence electrons. The average molecular weight is 2170 g/mol. The summed E-state index contributed by atoms with van der Waals surface area (Å²) in [6.07, 6.45) is -0.248. The zero-order valence-corrected chi connectivity index (χ0v) is 78.8. The highest BCUT2D eigenvalue weighted by Gasteiger charge is 2.43. The van der Waals surface area contributed by atoms with Gasteiger partial charge in [0, 0.05) is 97.2 Å². The van der Waals surface area contributed by atoms with E-state index in [-0.39, 0.29) is 199 Å². The lowest BCUT2D eigenvalue weighted by atomic mass is 9.82. The Morgan fingerprint density at radius 1 is 0.388 bits per heavy atom. The van der Waals surface area contributed by atoms with Gasteiger partial charge in [0.15, 0.2) is 34.7 Å². The number of ketones is 12. The summed E-state index contributed by atoms with van der Waals surface area (Å²) in [4.78, 5) is 201. The summed E-state index contributed by atoms with van der Waals surface area (Å²) in [6.45, 7) is -0.886. The number of fused-ring (bicyclic) bond motifs is 12. The molecule has 147 heavy (non-hydrogen) atoms. The second-order valence-corrected chi connectivity index (χ2v) is 33.2. The van der Waals surface area contributed by atoms with Gasteiger partial charge in [0.1, 0.15) is 82.1 Å². The van der Waals surface area contributed by atoms with Crippen molar-refractivity contribution in [2.75, 3.05) is 32.6 Å². The Kier molecular flexibility index (Phi) is 31.2. The minimum atomic E-state index is -4.84. The number of nitrogens with zero attached hydrogens (tertiary/aromatic N) is 6. The number of halogens is 5. The SMILES string of the molecule is C#CCNC(=O)C(F)(F)F.COc1cccc2c1C(=O)c1c(OC)cc(I)cc1C2=O.O=C(O)c1cc(O)c2c(c1)C(=O)c1cccc(O)c1C2=O.O=C(OCc1ccccc1)c1cc(O)c2c(c1)C(=O)c1cccc(O)c1C2=O.O=C1c2cccc(O)c2C(=O)c2c(O)cc(CBr)cc21.[N-]=[N+]=NCC(=O)Nc1cc(O)c2c(c1)C(=O)c1cccc(O)c1C2=O.[N-]=[N+]=NCc1cc(O)c2c(c1)C(=O)c1cccc(O)c1C2=O. The number of phenolic OH excluding ortho intramolecular Hbond substituents is 10. The van der Waals surface area contributed by atoms with Gasteiger partial charge >= 0.3 is 24.0 Å². The predicted molar refractivity (Wildman–Crippen MR) is 520 cm³/mol. The van der Waals surface area contributed by atoms with Gasteiger partial charge in [0.05, 0.1) is 105 Å². The topological polar surface area (TPSA) is 645 Å². The van der Waals surface area contributed by atoms with E-state index >= 15 is 0 Å². The molecule has 43 heteroatoms. The zero-order valence-electron chi connectivity index (χ0n) is 75.1. The van der Waals surface area contributed by atoms with Crippen LogP contribution in [0.1, 0.15) is 228 Å². The van der Waals surface area contributed by atoms with Gasteiger partial charge in [-0.2, -0.15) is 13.2 Å². The van der Waals surface area contributed by atoms with Crippen molar-refractivity contribution in [2.24, 2.45) is 10.2 Å². The molecule has 0 spiro atoms. The van der Waals surface area contributed by atoms with Gasteiger partial charge < -0.3 is 81.0 Å². The lowest BCUT2D eigenvalue weighted by Crippen LogP contribution is -2.36. The number of esters is 1. The monoisotopic (exact) mass is 2170 g/mol. The van der Waals surface area contributed by atoms with Gasteiger partial charge in [-0.25, -0.2) is 9.59 Å². The predicted octanol–water partition coefficient (Wildman–Crippen LogP) is 15.8. The number of hydrogen-bond acceptors (Lipinski definition) is 31. The fraction of sp³-hybridized carbons (Fsp3) is 0.0769. The molecule has 0 bridgehead atoms. The molecule has 0 saturated carbocycles. The summed E-state index contributed by atoms with van der Waals surface area (Å²) in [5.41, 5.74) is 17.9. The van der Waals surface area contributed by atoms with E-state index in [4.69, 9.17) is 30.4 Å². The molecule has 0 aromatic heterocycles. The summed E-state index contributed by atoms with van der Waals surface area (Å²) in [7, 11) is 2.97. The van der Waals surface area contributed by atoms with Gasteiger partial charge in [-0.1, -0.05) is 135 Å². The van der Waals surface area contributed by atoms with E-state index in [0.29, 0.717) is 50.2 Å². The number of carbonyl (C=O) groups excluding carboxylic acids is 15. The number of carbonyl (C=O) groups is 16. The second-order valence-electron chi connectivity index (χ2n) is 31.4. The number of anilines is 1. The van der Waals surface area contributed by atoms with Gasteiger partial charge in [-0.05, 0) is 153 Å². The molecule has 0 heterocycles. The quantitative estimate of drug-likeness (QED) is 0.00969. The van der Waals surface area contributed by atoms with Crippen molar-refractivity contribution in [1.29, 1.82) is 0 Å². The number of carboxylic acid groups (broad SMARTS) is 1. The highest BCUT2D eigenvalue weighted by molar-refractivity contribution is 14.1. The van der Waals surface area contributed by atoms with Crippen LogP contribution in [0.2, 0.25) is 0 Å². The molecular weight excluding hydrogens is 2100 g/mol. The molecule has 0 unspecified atom stereocenters. The van der Waals surface area contributed by atoms with Crippen LogP contribution in [0.3, 0.4) is 0 Å². The first-order valence-corrected chi connectivity index (χ1v) is 44.3. The zero-order chi connectivity index (χ0) is 107. The van der Waals surface area contributed by atoms with Crippen molar-refractivity contribution in [3.63, 3.8) is 0 Å². The number of alkyl halides is 4. The van der Waals surface area contributed by atoms with Gasteiger partial charge in [-0.3, -0.25) is 67.1 Å².